The maximum absolute atomic E-state index is 12.1. The number of para-hydroxylation sites is 2. The molecular formula is C15H13NO6. The average Bonchev–Trinajstić information content (AvgIpc) is 2.54. The summed E-state index contributed by atoms with van der Waals surface area (Å²) in [5, 5.41) is 11.0. The summed E-state index contributed by atoms with van der Waals surface area (Å²) in [5.74, 6) is -0.0403. The van der Waals surface area contributed by atoms with Gasteiger partial charge in [-0.3, -0.25) is 10.1 Å². The predicted molar refractivity (Wildman–Crippen MR) is 77.6 cm³/mol. The van der Waals surface area contributed by atoms with E-state index in [-0.39, 0.29) is 22.7 Å². The third kappa shape index (κ3) is 3.14. The van der Waals surface area contributed by atoms with E-state index in [1.54, 1.807) is 24.3 Å². The lowest BCUT2D eigenvalue weighted by Crippen LogP contribution is -2.10. The second-order valence-corrected chi connectivity index (χ2v) is 4.18. The fraction of sp³-hybridized carbons (Fsp3) is 0.133. The second-order valence-electron chi connectivity index (χ2n) is 4.18. The van der Waals surface area contributed by atoms with Gasteiger partial charge in [-0.15, -0.1) is 0 Å². The van der Waals surface area contributed by atoms with E-state index >= 15 is 0 Å². The van der Waals surface area contributed by atoms with E-state index in [1.165, 1.54) is 26.4 Å². The van der Waals surface area contributed by atoms with Gasteiger partial charge in [0.25, 0.3) is 0 Å². The Balaban J connectivity index is 2.30. The second kappa shape index (κ2) is 6.57. The van der Waals surface area contributed by atoms with Crippen molar-refractivity contribution < 1.29 is 23.9 Å². The Morgan fingerprint density at radius 3 is 2.23 bits per heavy atom. The molecular weight excluding hydrogens is 290 g/mol. The SMILES string of the molecule is COc1ccccc1OC(=O)c1ccc(OC)c([N+](=O)[O-])c1. The van der Waals surface area contributed by atoms with Crippen molar-refractivity contribution in [1.82, 2.24) is 0 Å². The first-order valence-corrected chi connectivity index (χ1v) is 6.24. The molecule has 114 valence electrons. The zero-order valence-corrected chi connectivity index (χ0v) is 11.9. The fourth-order valence-corrected chi connectivity index (χ4v) is 1.82. The number of benzene rings is 2. The molecule has 7 heteroatoms. The van der Waals surface area contributed by atoms with Crippen LogP contribution in [0.5, 0.6) is 17.2 Å². The minimum absolute atomic E-state index is 0.0402. The smallest absolute Gasteiger partial charge is 0.343 e. The normalized spacial score (nSPS) is 9.91. The van der Waals surface area contributed by atoms with Crippen LogP contribution in [-0.2, 0) is 0 Å². The van der Waals surface area contributed by atoms with Crippen LogP contribution in [0.1, 0.15) is 10.4 Å². The van der Waals surface area contributed by atoms with E-state index in [4.69, 9.17) is 14.2 Å². The standard InChI is InChI=1S/C15H13NO6/c1-20-12-8-7-10(9-11(12)16(18)19)15(17)22-14-6-4-3-5-13(14)21-2/h3-9H,1-2H3. The highest BCUT2D eigenvalue weighted by atomic mass is 16.6. The monoisotopic (exact) mass is 303 g/mol. The van der Waals surface area contributed by atoms with Crippen molar-refractivity contribution in [1.29, 1.82) is 0 Å². The number of rotatable bonds is 5. The molecule has 0 radical (unpaired) electrons. The van der Waals surface area contributed by atoms with E-state index in [0.717, 1.165) is 6.07 Å². The Labute approximate surface area is 126 Å². The number of nitrogens with zero attached hydrogens (tertiary/aromatic N) is 1. The molecule has 0 aliphatic carbocycles. The summed E-state index contributed by atoms with van der Waals surface area (Å²) in [6.45, 7) is 0. The number of ether oxygens (including phenoxy) is 3. The molecule has 0 amide bonds. The third-order valence-corrected chi connectivity index (χ3v) is 2.88. The van der Waals surface area contributed by atoms with Gasteiger partial charge >= 0.3 is 11.7 Å². The van der Waals surface area contributed by atoms with E-state index in [9.17, 15) is 14.9 Å². The first-order chi connectivity index (χ1) is 10.6. The summed E-state index contributed by atoms with van der Waals surface area (Å²) in [6.07, 6.45) is 0. The molecule has 0 saturated carbocycles. The van der Waals surface area contributed by atoms with Gasteiger partial charge in [0, 0.05) is 6.07 Å². The van der Waals surface area contributed by atoms with Crippen LogP contribution in [0.4, 0.5) is 5.69 Å². The van der Waals surface area contributed by atoms with Crippen molar-refractivity contribution in [3.63, 3.8) is 0 Å². The first-order valence-electron chi connectivity index (χ1n) is 6.24. The summed E-state index contributed by atoms with van der Waals surface area (Å²) in [6, 6.07) is 10.5. The Bertz CT molecular complexity index is 713. The molecule has 0 unspecified atom stereocenters. The Hall–Kier alpha value is -3.09. The maximum Gasteiger partial charge on any atom is 0.343 e. The van der Waals surface area contributed by atoms with Gasteiger partial charge in [0.2, 0.25) is 0 Å². The molecule has 0 atom stereocenters. The Kier molecular flexibility index (Phi) is 4.57. The summed E-state index contributed by atoms with van der Waals surface area (Å²) >= 11 is 0. The molecule has 0 aromatic heterocycles. The van der Waals surface area contributed by atoms with Crippen LogP contribution in [0.15, 0.2) is 42.5 Å². The van der Waals surface area contributed by atoms with Crippen LogP contribution in [0.3, 0.4) is 0 Å². The molecule has 2 rings (SSSR count). The minimum atomic E-state index is -0.727. The highest BCUT2D eigenvalue weighted by Gasteiger charge is 2.20. The molecule has 22 heavy (non-hydrogen) atoms. The molecule has 0 N–H and O–H groups in total. The van der Waals surface area contributed by atoms with Crippen molar-refractivity contribution in [2.45, 2.75) is 0 Å². The van der Waals surface area contributed by atoms with Gasteiger partial charge in [0.05, 0.1) is 24.7 Å². The largest absolute Gasteiger partial charge is 0.493 e. The summed E-state index contributed by atoms with van der Waals surface area (Å²) in [5.41, 5.74) is -0.268. The predicted octanol–water partition coefficient (Wildman–Crippen LogP) is 2.83. The summed E-state index contributed by atoms with van der Waals surface area (Å²) in [7, 11) is 2.76. The van der Waals surface area contributed by atoms with E-state index in [0.29, 0.717) is 5.75 Å². The molecule has 0 spiro atoms. The number of esters is 1. The minimum Gasteiger partial charge on any atom is -0.493 e. The van der Waals surface area contributed by atoms with Crippen molar-refractivity contribution in [2.75, 3.05) is 14.2 Å². The quantitative estimate of drug-likeness (QED) is 0.365. The fourth-order valence-electron chi connectivity index (χ4n) is 1.82. The van der Waals surface area contributed by atoms with Gasteiger partial charge in [-0.1, -0.05) is 12.1 Å². The van der Waals surface area contributed by atoms with Crippen LogP contribution >= 0.6 is 0 Å². The first kappa shape index (κ1) is 15.3. The molecule has 0 aliphatic rings. The molecule has 7 nitrogen and oxygen atoms in total. The Morgan fingerprint density at radius 2 is 1.64 bits per heavy atom. The van der Waals surface area contributed by atoms with Crippen molar-refractivity contribution in [3.8, 4) is 17.2 Å². The molecule has 2 aromatic rings. The van der Waals surface area contributed by atoms with Crippen molar-refractivity contribution >= 4 is 11.7 Å². The van der Waals surface area contributed by atoms with Crippen LogP contribution in [-0.4, -0.2) is 25.1 Å². The lowest BCUT2D eigenvalue weighted by Gasteiger charge is -2.09. The van der Waals surface area contributed by atoms with E-state index in [1.807, 2.05) is 0 Å². The number of nitro benzene ring substituents is 1. The topological polar surface area (TPSA) is 87.9 Å². The number of nitro groups is 1. The lowest BCUT2D eigenvalue weighted by atomic mass is 10.2. The van der Waals surface area contributed by atoms with Crippen LogP contribution in [0.2, 0.25) is 0 Å². The van der Waals surface area contributed by atoms with Gasteiger partial charge < -0.3 is 14.2 Å². The third-order valence-electron chi connectivity index (χ3n) is 2.88. The van der Waals surface area contributed by atoms with E-state index in [2.05, 4.69) is 0 Å². The summed E-state index contributed by atoms with van der Waals surface area (Å²) in [4.78, 5) is 22.5. The number of hydrogen-bond donors (Lipinski definition) is 0. The van der Waals surface area contributed by atoms with Crippen LogP contribution < -0.4 is 14.2 Å². The molecule has 0 saturated heterocycles. The molecule has 0 heterocycles. The zero-order valence-electron chi connectivity index (χ0n) is 11.9. The molecule has 0 aliphatic heterocycles. The number of carbonyl (C=O) groups excluding carboxylic acids is 1. The molecule has 0 fully saturated rings. The lowest BCUT2D eigenvalue weighted by molar-refractivity contribution is -0.385. The zero-order chi connectivity index (χ0) is 16.1. The van der Waals surface area contributed by atoms with Gasteiger partial charge in [-0.05, 0) is 24.3 Å². The van der Waals surface area contributed by atoms with Gasteiger partial charge in [0.15, 0.2) is 17.2 Å². The number of carbonyl (C=O) groups is 1. The molecule has 2 aromatic carbocycles. The van der Waals surface area contributed by atoms with E-state index < -0.39 is 10.9 Å². The van der Waals surface area contributed by atoms with Crippen LogP contribution in [0, 0.1) is 10.1 Å². The van der Waals surface area contributed by atoms with Crippen molar-refractivity contribution in [2.24, 2.45) is 0 Å². The number of hydrogen-bond acceptors (Lipinski definition) is 6. The van der Waals surface area contributed by atoms with Gasteiger partial charge in [0.1, 0.15) is 0 Å². The van der Waals surface area contributed by atoms with Crippen LogP contribution in [0.25, 0.3) is 0 Å². The van der Waals surface area contributed by atoms with Gasteiger partial charge in [-0.25, -0.2) is 4.79 Å². The van der Waals surface area contributed by atoms with Gasteiger partial charge in [-0.2, -0.15) is 0 Å². The Morgan fingerprint density at radius 1 is 1.00 bits per heavy atom. The highest BCUT2D eigenvalue weighted by Crippen LogP contribution is 2.30. The molecule has 0 bridgehead atoms. The van der Waals surface area contributed by atoms with Crippen molar-refractivity contribution in [3.05, 3.63) is 58.1 Å². The highest BCUT2D eigenvalue weighted by molar-refractivity contribution is 5.92. The number of methoxy groups -OCH3 is 2. The maximum atomic E-state index is 12.1. The summed E-state index contributed by atoms with van der Waals surface area (Å²) < 4.78 is 15.2. The average molecular weight is 303 g/mol.